The van der Waals surface area contributed by atoms with Gasteiger partial charge in [0.15, 0.2) is 12.5 Å². The van der Waals surface area contributed by atoms with E-state index < -0.39 is 43.5 Å². The van der Waals surface area contributed by atoms with Crippen molar-refractivity contribution in [2.45, 2.75) is 52.7 Å². The summed E-state index contributed by atoms with van der Waals surface area (Å²) in [6.07, 6.45) is -0.135. The molecule has 4 atom stereocenters. The van der Waals surface area contributed by atoms with Crippen LogP contribution in [-0.4, -0.2) is 47.7 Å². The van der Waals surface area contributed by atoms with E-state index in [2.05, 4.69) is 26.0 Å². The zero-order chi connectivity index (χ0) is 27.2. The van der Waals surface area contributed by atoms with Crippen molar-refractivity contribution in [3.8, 4) is 5.75 Å². The molecule has 2 aromatic rings. The molecule has 0 spiro atoms. The Morgan fingerprint density at radius 1 is 1.30 bits per heavy atom. The van der Waals surface area contributed by atoms with Crippen LogP contribution >= 0.6 is 23.7 Å². The summed E-state index contributed by atoms with van der Waals surface area (Å²) in [7, 11) is -4.16. The van der Waals surface area contributed by atoms with Crippen molar-refractivity contribution in [2.75, 3.05) is 19.8 Å². The standard InChI is InChI=1S/C23H31BrN3O9P/c1-5-32-22(29)18(10-14(2)3)26-37(31,36-17-8-6-16(24)7-9-17)34-13-20-33-12-19(35-20)27-11-15(4)21(28)25-23(27)30/h6-9,11,14,18-20H,5,10,12-13H2,1-4H3,(H,26,31)(H,25,28,30)/t18?,19-,20-,37?/m1/s1. The third-order valence-corrected chi connectivity index (χ3v) is 7.30. The lowest BCUT2D eigenvalue weighted by atomic mass is 10.1. The fourth-order valence-electron chi connectivity index (χ4n) is 3.47. The number of rotatable bonds is 12. The molecule has 2 heterocycles. The molecule has 204 valence electrons. The molecule has 0 amide bonds. The molecule has 1 aromatic heterocycles. The first-order chi connectivity index (χ1) is 17.5. The van der Waals surface area contributed by atoms with Gasteiger partial charge in [-0.3, -0.25) is 23.7 Å². The normalized spacial score (nSPS) is 19.9. The third kappa shape index (κ3) is 8.36. The molecule has 0 bridgehead atoms. The zero-order valence-electron chi connectivity index (χ0n) is 21.0. The number of aryl methyl sites for hydroxylation is 1. The maximum Gasteiger partial charge on any atom is 0.459 e. The van der Waals surface area contributed by atoms with E-state index in [1.165, 1.54) is 10.8 Å². The molecule has 1 aliphatic rings. The van der Waals surface area contributed by atoms with Crippen LogP contribution in [0.4, 0.5) is 0 Å². The maximum atomic E-state index is 13.8. The van der Waals surface area contributed by atoms with Crippen LogP contribution < -0.4 is 20.9 Å². The molecule has 37 heavy (non-hydrogen) atoms. The minimum Gasteiger partial charge on any atom is -0.465 e. The molecule has 0 saturated carbocycles. The number of aromatic nitrogens is 2. The highest BCUT2D eigenvalue weighted by atomic mass is 79.9. The third-order valence-electron chi connectivity index (χ3n) is 5.20. The molecule has 1 saturated heterocycles. The summed E-state index contributed by atoms with van der Waals surface area (Å²) in [5.41, 5.74) is -0.813. The zero-order valence-corrected chi connectivity index (χ0v) is 23.5. The number of ether oxygens (including phenoxy) is 3. The number of esters is 1. The monoisotopic (exact) mass is 603 g/mol. The van der Waals surface area contributed by atoms with Gasteiger partial charge in [-0.05, 0) is 50.5 Å². The van der Waals surface area contributed by atoms with Crippen molar-refractivity contribution in [3.05, 3.63) is 61.3 Å². The van der Waals surface area contributed by atoms with E-state index in [0.29, 0.717) is 12.0 Å². The number of carbonyl (C=O) groups excluding carboxylic acids is 1. The first kappa shape index (κ1) is 29.3. The molecule has 2 N–H and O–H groups in total. The van der Waals surface area contributed by atoms with Gasteiger partial charge in [0.1, 0.15) is 18.4 Å². The predicted molar refractivity (Wildman–Crippen MR) is 137 cm³/mol. The Morgan fingerprint density at radius 3 is 2.65 bits per heavy atom. The molecular weight excluding hydrogens is 573 g/mol. The van der Waals surface area contributed by atoms with Crippen LogP contribution in [0.2, 0.25) is 0 Å². The van der Waals surface area contributed by atoms with Crippen LogP contribution in [0.15, 0.2) is 44.5 Å². The number of halogens is 1. The molecule has 2 unspecified atom stereocenters. The Labute approximate surface area is 222 Å². The number of H-pyrrole nitrogens is 1. The number of benzene rings is 1. The summed E-state index contributed by atoms with van der Waals surface area (Å²) in [5.74, 6) is -0.266. The molecule has 1 aliphatic heterocycles. The Balaban J connectivity index is 1.76. The smallest absolute Gasteiger partial charge is 0.459 e. The number of nitrogens with one attached hydrogen (secondary N) is 2. The van der Waals surface area contributed by atoms with Gasteiger partial charge in [-0.25, -0.2) is 9.36 Å². The summed E-state index contributed by atoms with van der Waals surface area (Å²) < 4.78 is 43.6. The van der Waals surface area contributed by atoms with Gasteiger partial charge < -0.3 is 18.7 Å². The summed E-state index contributed by atoms with van der Waals surface area (Å²) in [4.78, 5) is 38.6. The van der Waals surface area contributed by atoms with Crippen LogP contribution in [0.1, 0.15) is 39.0 Å². The molecule has 0 radical (unpaired) electrons. The maximum absolute atomic E-state index is 13.8. The topological polar surface area (TPSA) is 147 Å². The predicted octanol–water partition coefficient (Wildman–Crippen LogP) is 3.25. The van der Waals surface area contributed by atoms with E-state index in [-0.39, 0.29) is 31.5 Å². The molecule has 1 aromatic carbocycles. The number of nitrogens with zero attached hydrogens (tertiary/aromatic N) is 1. The van der Waals surface area contributed by atoms with Crippen LogP contribution in [0, 0.1) is 12.8 Å². The summed E-state index contributed by atoms with van der Waals surface area (Å²) in [5, 5.41) is 2.72. The Hall–Kier alpha value is -2.28. The Morgan fingerprint density at radius 2 is 2.00 bits per heavy atom. The lowest BCUT2D eigenvalue weighted by molar-refractivity contribution is -0.145. The van der Waals surface area contributed by atoms with Gasteiger partial charge in [0, 0.05) is 16.2 Å². The van der Waals surface area contributed by atoms with E-state index in [1.54, 1.807) is 38.1 Å². The van der Waals surface area contributed by atoms with E-state index in [0.717, 1.165) is 4.47 Å². The second-order valence-electron chi connectivity index (χ2n) is 8.73. The van der Waals surface area contributed by atoms with E-state index in [1.807, 2.05) is 13.8 Å². The van der Waals surface area contributed by atoms with Gasteiger partial charge in [0.05, 0.1) is 13.2 Å². The van der Waals surface area contributed by atoms with E-state index >= 15 is 0 Å². The van der Waals surface area contributed by atoms with Gasteiger partial charge in [-0.1, -0.05) is 29.8 Å². The number of hydrogen-bond donors (Lipinski definition) is 2. The highest BCUT2D eigenvalue weighted by molar-refractivity contribution is 9.10. The van der Waals surface area contributed by atoms with Crippen molar-refractivity contribution in [3.63, 3.8) is 0 Å². The molecule has 12 nitrogen and oxygen atoms in total. The molecular formula is C23H31BrN3O9P. The van der Waals surface area contributed by atoms with Crippen molar-refractivity contribution >= 4 is 29.6 Å². The van der Waals surface area contributed by atoms with Gasteiger partial charge >= 0.3 is 19.4 Å². The fourth-order valence-corrected chi connectivity index (χ4v) is 5.22. The SMILES string of the molecule is CCOC(=O)C(CC(C)C)NP(=O)(OC[C@@H]1OC[C@H](n2cc(C)c(=O)[nH]c2=O)O1)Oc1ccc(Br)cc1. The quantitative estimate of drug-likeness (QED) is 0.273. The van der Waals surface area contributed by atoms with E-state index in [9.17, 15) is 18.9 Å². The lowest BCUT2D eigenvalue weighted by Gasteiger charge is -2.26. The highest BCUT2D eigenvalue weighted by Gasteiger charge is 2.37. The summed E-state index contributed by atoms with van der Waals surface area (Å²) in [6.45, 7) is 6.87. The summed E-state index contributed by atoms with van der Waals surface area (Å²) in [6, 6.07) is 5.63. The average Bonchev–Trinajstić information content (AvgIpc) is 3.30. The number of aromatic amines is 1. The minimum atomic E-state index is -4.16. The average molecular weight is 604 g/mol. The van der Waals surface area contributed by atoms with Crippen LogP contribution in [0.25, 0.3) is 0 Å². The van der Waals surface area contributed by atoms with E-state index in [4.69, 9.17) is 23.3 Å². The number of hydrogen-bond acceptors (Lipinski definition) is 9. The molecule has 14 heteroatoms. The van der Waals surface area contributed by atoms with Crippen LogP contribution in [0.3, 0.4) is 0 Å². The largest absolute Gasteiger partial charge is 0.465 e. The van der Waals surface area contributed by atoms with Gasteiger partial charge in [0.25, 0.3) is 5.56 Å². The van der Waals surface area contributed by atoms with Crippen molar-refractivity contribution in [1.82, 2.24) is 14.6 Å². The number of carbonyl (C=O) groups is 1. The molecule has 1 fully saturated rings. The lowest BCUT2D eigenvalue weighted by Crippen LogP contribution is -2.39. The molecule has 3 rings (SSSR count). The minimum absolute atomic E-state index is 0.0104. The van der Waals surface area contributed by atoms with Gasteiger partial charge in [0.2, 0.25) is 0 Å². The van der Waals surface area contributed by atoms with Gasteiger partial charge in [-0.2, -0.15) is 5.09 Å². The first-order valence-electron chi connectivity index (χ1n) is 11.7. The highest BCUT2D eigenvalue weighted by Crippen LogP contribution is 2.46. The van der Waals surface area contributed by atoms with Crippen LogP contribution in [0.5, 0.6) is 5.75 Å². The summed E-state index contributed by atoms with van der Waals surface area (Å²) >= 11 is 3.33. The molecule has 0 aliphatic carbocycles. The van der Waals surface area contributed by atoms with Gasteiger partial charge in [-0.15, -0.1) is 0 Å². The van der Waals surface area contributed by atoms with Crippen molar-refractivity contribution < 1.29 is 32.6 Å². The fraction of sp³-hybridized carbons (Fsp3) is 0.522. The van der Waals surface area contributed by atoms with Crippen molar-refractivity contribution in [1.29, 1.82) is 0 Å². The second kappa shape index (κ2) is 13.0. The first-order valence-corrected chi connectivity index (χ1v) is 14.1. The second-order valence-corrected chi connectivity index (χ2v) is 11.3. The Kier molecular flexibility index (Phi) is 10.3. The Bertz CT molecular complexity index is 1230. The van der Waals surface area contributed by atoms with Crippen molar-refractivity contribution in [2.24, 2.45) is 5.92 Å². The van der Waals surface area contributed by atoms with Crippen LogP contribution in [-0.2, 0) is 28.1 Å².